The van der Waals surface area contributed by atoms with Gasteiger partial charge in [-0.05, 0) is 43.2 Å². The number of aromatic nitrogens is 1. The van der Waals surface area contributed by atoms with E-state index in [-0.39, 0.29) is 18.4 Å². The minimum atomic E-state index is -0.633. The van der Waals surface area contributed by atoms with E-state index in [1.165, 1.54) is 12.8 Å². The summed E-state index contributed by atoms with van der Waals surface area (Å²) >= 11 is 0. The second kappa shape index (κ2) is 10.1. The first-order valence-electron chi connectivity index (χ1n) is 9.81. The molecule has 1 aromatic heterocycles. The summed E-state index contributed by atoms with van der Waals surface area (Å²) in [5.74, 6) is 1.50. The van der Waals surface area contributed by atoms with Crippen LogP contribution in [0.25, 0.3) is 0 Å². The number of amides is 2. The molecule has 2 rings (SSSR count). The molecule has 0 spiro atoms. The lowest BCUT2D eigenvalue weighted by atomic mass is 9.99. The van der Waals surface area contributed by atoms with E-state index < -0.39 is 12.1 Å². The lowest BCUT2D eigenvalue weighted by Gasteiger charge is -2.31. The van der Waals surface area contributed by atoms with Gasteiger partial charge in [0, 0.05) is 25.8 Å². The van der Waals surface area contributed by atoms with Crippen molar-refractivity contribution in [1.82, 2.24) is 15.6 Å². The minimum Gasteiger partial charge on any atom is -0.450 e. The van der Waals surface area contributed by atoms with E-state index in [0.717, 1.165) is 30.4 Å². The van der Waals surface area contributed by atoms with E-state index in [4.69, 9.17) is 4.74 Å². The van der Waals surface area contributed by atoms with Crippen LogP contribution < -0.4 is 15.5 Å². The third kappa shape index (κ3) is 6.41. The molecule has 0 radical (unpaired) electrons. The quantitative estimate of drug-likeness (QED) is 0.764. The van der Waals surface area contributed by atoms with Crippen molar-refractivity contribution in [2.24, 2.45) is 11.8 Å². The van der Waals surface area contributed by atoms with Crippen LogP contribution in [0, 0.1) is 11.8 Å². The van der Waals surface area contributed by atoms with E-state index in [2.05, 4.69) is 27.4 Å². The summed E-state index contributed by atoms with van der Waals surface area (Å²) in [5.41, 5.74) is 0.927. The van der Waals surface area contributed by atoms with Crippen LogP contribution >= 0.6 is 0 Å². The van der Waals surface area contributed by atoms with Gasteiger partial charge in [0.05, 0.1) is 6.61 Å². The summed E-state index contributed by atoms with van der Waals surface area (Å²) < 4.78 is 4.87. The number of ether oxygens (including phenoxy) is 1. The first-order chi connectivity index (χ1) is 12.9. The van der Waals surface area contributed by atoms with Crippen LogP contribution in [0.2, 0.25) is 0 Å². The predicted octanol–water partition coefficient (Wildman–Crippen LogP) is 2.70. The maximum absolute atomic E-state index is 12.4. The summed E-state index contributed by atoms with van der Waals surface area (Å²) in [4.78, 5) is 30.9. The number of anilines is 1. The topological polar surface area (TPSA) is 83.6 Å². The highest BCUT2D eigenvalue weighted by atomic mass is 16.5. The number of rotatable bonds is 7. The summed E-state index contributed by atoms with van der Waals surface area (Å²) in [5, 5.41) is 5.48. The molecule has 150 valence electrons. The summed E-state index contributed by atoms with van der Waals surface area (Å²) in [6.07, 6.45) is 3.62. The number of hydrogen-bond donors (Lipinski definition) is 2. The number of pyridine rings is 1. The molecule has 1 unspecified atom stereocenters. The van der Waals surface area contributed by atoms with Gasteiger partial charge < -0.3 is 20.3 Å². The number of carbonyl (C=O) groups excluding carboxylic acids is 2. The largest absolute Gasteiger partial charge is 0.450 e. The monoisotopic (exact) mass is 376 g/mol. The van der Waals surface area contributed by atoms with Gasteiger partial charge in [0.25, 0.3) is 0 Å². The van der Waals surface area contributed by atoms with Crippen molar-refractivity contribution >= 4 is 17.8 Å². The highest BCUT2D eigenvalue weighted by Gasteiger charge is 2.24. The molecule has 1 aliphatic rings. The Labute approximate surface area is 161 Å². The average molecular weight is 377 g/mol. The van der Waals surface area contributed by atoms with Crippen LogP contribution in [-0.4, -0.2) is 42.7 Å². The molecule has 1 saturated heterocycles. The molecule has 0 aromatic carbocycles. The molecule has 0 saturated carbocycles. The molecule has 7 nitrogen and oxygen atoms in total. The van der Waals surface area contributed by atoms with Gasteiger partial charge in [-0.2, -0.15) is 0 Å². The van der Waals surface area contributed by atoms with Gasteiger partial charge in [0.1, 0.15) is 11.9 Å². The van der Waals surface area contributed by atoms with Gasteiger partial charge in [-0.1, -0.05) is 26.8 Å². The molecule has 2 heterocycles. The fourth-order valence-corrected chi connectivity index (χ4v) is 3.08. The molecule has 2 N–H and O–H groups in total. The van der Waals surface area contributed by atoms with E-state index in [1.807, 2.05) is 26.0 Å². The fourth-order valence-electron chi connectivity index (χ4n) is 3.08. The Morgan fingerprint density at radius 1 is 1.30 bits per heavy atom. The number of nitrogens with one attached hydrogen (secondary N) is 2. The molecule has 1 aliphatic heterocycles. The highest BCUT2D eigenvalue weighted by Crippen LogP contribution is 2.21. The van der Waals surface area contributed by atoms with Crippen LogP contribution in [0.1, 0.15) is 46.1 Å². The van der Waals surface area contributed by atoms with E-state index in [0.29, 0.717) is 6.54 Å². The normalized spacial score (nSPS) is 16.1. The van der Waals surface area contributed by atoms with Gasteiger partial charge in [0.15, 0.2) is 0 Å². The van der Waals surface area contributed by atoms with Crippen molar-refractivity contribution in [3.63, 3.8) is 0 Å². The molecule has 27 heavy (non-hydrogen) atoms. The third-order valence-electron chi connectivity index (χ3n) is 4.88. The van der Waals surface area contributed by atoms with Crippen LogP contribution in [0.3, 0.4) is 0 Å². The Kier molecular flexibility index (Phi) is 7.88. The van der Waals surface area contributed by atoms with Gasteiger partial charge in [0.2, 0.25) is 5.91 Å². The lowest BCUT2D eigenvalue weighted by Crippen LogP contribution is -2.49. The molecular weight excluding hydrogens is 344 g/mol. The van der Waals surface area contributed by atoms with Gasteiger partial charge in [-0.25, -0.2) is 9.78 Å². The molecule has 0 bridgehead atoms. The smallest absolute Gasteiger partial charge is 0.407 e. The van der Waals surface area contributed by atoms with Crippen molar-refractivity contribution in [3.05, 3.63) is 23.9 Å². The zero-order valence-electron chi connectivity index (χ0n) is 16.8. The number of nitrogens with zero attached hydrogens (tertiary/aromatic N) is 2. The number of alkyl carbamates (subject to hydrolysis) is 1. The van der Waals surface area contributed by atoms with Crippen LogP contribution in [0.4, 0.5) is 10.6 Å². The van der Waals surface area contributed by atoms with Crippen LogP contribution in [-0.2, 0) is 16.1 Å². The van der Waals surface area contributed by atoms with Crippen LogP contribution in [0.15, 0.2) is 18.3 Å². The van der Waals surface area contributed by atoms with Crippen molar-refractivity contribution in [2.45, 2.75) is 53.1 Å². The molecule has 7 heteroatoms. The number of carbonyl (C=O) groups is 2. The van der Waals surface area contributed by atoms with E-state index in [9.17, 15) is 9.59 Å². The third-order valence-corrected chi connectivity index (χ3v) is 4.88. The van der Waals surface area contributed by atoms with Gasteiger partial charge in [-0.15, -0.1) is 0 Å². The first-order valence-corrected chi connectivity index (χ1v) is 9.81. The Balaban J connectivity index is 1.87. The van der Waals surface area contributed by atoms with Gasteiger partial charge in [-0.3, -0.25) is 4.79 Å². The second-order valence-electron chi connectivity index (χ2n) is 7.50. The van der Waals surface area contributed by atoms with Crippen molar-refractivity contribution < 1.29 is 14.3 Å². The Bertz CT molecular complexity index is 610. The zero-order chi connectivity index (χ0) is 19.8. The summed E-state index contributed by atoms with van der Waals surface area (Å²) in [6, 6.07) is 3.37. The molecule has 1 aromatic rings. The van der Waals surface area contributed by atoms with E-state index >= 15 is 0 Å². The molecule has 2 amide bonds. The zero-order valence-corrected chi connectivity index (χ0v) is 16.8. The molecular formula is C20H32N4O3. The molecule has 0 aliphatic carbocycles. The Morgan fingerprint density at radius 3 is 2.56 bits per heavy atom. The second-order valence-corrected chi connectivity index (χ2v) is 7.50. The van der Waals surface area contributed by atoms with Crippen LogP contribution in [0.5, 0.6) is 0 Å². The number of hydrogen-bond acceptors (Lipinski definition) is 5. The Hall–Kier alpha value is -2.31. The van der Waals surface area contributed by atoms with E-state index in [1.54, 1.807) is 13.1 Å². The maximum Gasteiger partial charge on any atom is 0.407 e. The van der Waals surface area contributed by atoms with Crippen molar-refractivity contribution in [3.8, 4) is 0 Å². The first kappa shape index (κ1) is 21.0. The highest BCUT2D eigenvalue weighted by molar-refractivity contribution is 5.85. The van der Waals surface area contributed by atoms with Crippen molar-refractivity contribution in [2.75, 3.05) is 24.6 Å². The molecule has 1 atom stereocenters. The summed E-state index contributed by atoms with van der Waals surface area (Å²) in [6.45, 7) is 10.5. The fraction of sp³-hybridized carbons (Fsp3) is 0.650. The maximum atomic E-state index is 12.4. The minimum absolute atomic E-state index is 0.0450. The standard InChI is InChI=1S/C20H32N4O3/c1-5-27-20(26)23-18(14(2)3)19(25)22-13-16-6-7-17(21-12-16)24-10-8-15(4)9-11-24/h6-7,12,14-15,18H,5,8-11,13H2,1-4H3,(H,22,25)(H,23,26). The molecule has 1 fully saturated rings. The lowest BCUT2D eigenvalue weighted by molar-refractivity contribution is -0.124. The summed E-state index contributed by atoms with van der Waals surface area (Å²) in [7, 11) is 0. The van der Waals surface area contributed by atoms with Crippen molar-refractivity contribution in [1.29, 1.82) is 0 Å². The number of piperidine rings is 1. The van der Waals surface area contributed by atoms with Gasteiger partial charge >= 0.3 is 6.09 Å². The Morgan fingerprint density at radius 2 is 2.00 bits per heavy atom. The average Bonchev–Trinajstić information content (AvgIpc) is 2.65. The predicted molar refractivity (Wildman–Crippen MR) is 105 cm³/mol. The SMILES string of the molecule is CCOC(=O)NC(C(=O)NCc1ccc(N2CCC(C)CC2)nc1)C(C)C.